The fourth-order valence-corrected chi connectivity index (χ4v) is 11.6. The average molecular weight is 1440 g/mol. The van der Waals surface area contributed by atoms with Gasteiger partial charge < -0.3 is 74.3 Å². The number of Topliss-reactive ketones (excluding diaryl/α,β-unsaturated/α-hetero) is 1. The van der Waals surface area contributed by atoms with Crippen molar-refractivity contribution in [2.24, 2.45) is 23.7 Å². The first-order valence-electron chi connectivity index (χ1n) is 35.7. The second-order valence-corrected chi connectivity index (χ2v) is 28.6. The third-order valence-electron chi connectivity index (χ3n) is 16.0. The summed E-state index contributed by atoms with van der Waals surface area (Å²) in [5, 5.41) is 81.7. The second-order valence-electron chi connectivity index (χ2n) is 28.6. The first-order valence-corrected chi connectivity index (χ1v) is 35.7. The van der Waals surface area contributed by atoms with Gasteiger partial charge in [-0.1, -0.05) is 146 Å². The van der Waals surface area contributed by atoms with E-state index in [9.17, 15) is 59.7 Å². The Morgan fingerprint density at radius 1 is 0.476 bits per heavy atom. The van der Waals surface area contributed by atoms with Crippen molar-refractivity contribution >= 4 is 17.2 Å². The van der Waals surface area contributed by atoms with Crippen LogP contribution < -0.4 is 59.8 Å². The third-order valence-corrected chi connectivity index (χ3v) is 16.0. The van der Waals surface area contributed by atoms with Crippen molar-refractivity contribution in [3.05, 3.63) is 227 Å². The normalized spacial score (nSPS) is 17.1. The Labute approximate surface area is 630 Å². The molecule has 8 N–H and O–H groups in total. The summed E-state index contributed by atoms with van der Waals surface area (Å²) >= 11 is 0. The van der Waals surface area contributed by atoms with Crippen molar-refractivity contribution in [3.63, 3.8) is 0 Å². The van der Waals surface area contributed by atoms with E-state index in [0.29, 0.717) is 34.8 Å². The van der Waals surface area contributed by atoms with E-state index < -0.39 is 62.9 Å². The van der Waals surface area contributed by atoms with Gasteiger partial charge in [0.1, 0.15) is 23.0 Å². The van der Waals surface area contributed by atoms with E-state index in [1.165, 1.54) is 18.9 Å². The van der Waals surface area contributed by atoms with Crippen molar-refractivity contribution in [3.8, 4) is 51.4 Å². The first-order chi connectivity index (χ1) is 49.1. The SMILES string of the molecule is C1CCOC1.CC(C)CN(CC(C)C)c1cc(O)c(C2C(O)C(c3ccccc3)C2O)c(O)c1.CC(C)CN(CC(C)C)c1cc(O)cc(O)c1.CC(C)OC1=C(OC(C)C)C(O)(c2ccccc2)C1=O.CC(C)Oc1c(OC(C)C)c(=O)c1=O.O=c1c(O)c(-c2ccccc2)c1=O.[Li+].[c-]1ccccc1. The van der Waals surface area contributed by atoms with Crippen LogP contribution in [-0.4, -0.2) is 123 Å². The molecule has 0 bridgehead atoms. The van der Waals surface area contributed by atoms with Gasteiger partial charge in [-0.2, -0.15) is 36.4 Å². The Kier molecular flexibility index (Phi) is 35.7. The van der Waals surface area contributed by atoms with E-state index >= 15 is 0 Å². The zero-order valence-electron chi connectivity index (χ0n) is 64.1. The number of benzene rings is 6. The zero-order chi connectivity index (χ0) is 77.3. The number of ketones is 1. The van der Waals surface area contributed by atoms with E-state index in [-0.39, 0.29) is 100 Å². The number of aliphatic hydroxyl groups is 3. The average Bonchev–Trinajstić information content (AvgIpc) is 1.02. The molecule has 20 nitrogen and oxygen atoms in total. The van der Waals surface area contributed by atoms with Crippen LogP contribution in [-0.2, 0) is 24.6 Å². The summed E-state index contributed by atoms with van der Waals surface area (Å²) in [7, 11) is 0. The smallest absolute Gasteiger partial charge is 0.508 e. The molecule has 0 amide bonds. The largest absolute Gasteiger partial charge is 1.00 e. The van der Waals surface area contributed by atoms with E-state index in [2.05, 4.69) is 71.3 Å². The molecular weight excluding hydrogens is 1330 g/mol. The maximum absolute atomic E-state index is 12.3. The molecule has 0 aromatic heterocycles. The van der Waals surface area contributed by atoms with Crippen LogP contribution in [0.1, 0.15) is 152 Å². The van der Waals surface area contributed by atoms with Gasteiger partial charge in [0.15, 0.2) is 11.5 Å². The number of phenolic OH excluding ortho intramolecular Hbond substituents is 4. The number of nitrogens with zero attached hydrogens (tertiary/aromatic N) is 2. The van der Waals surface area contributed by atoms with Gasteiger partial charge in [0.2, 0.25) is 34.1 Å². The zero-order valence-corrected chi connectivity index (χ0v) is 64.1. The maximum Gasteiger partial charge on any atom is 1.00 e. The van der Waals surface area contributed by atoms with E-state index in [1.54, 1.807) is 107 Å². The number of anilines is 2. The fourth-order valence-electron chi connectivity index (χ4n) is 11.6. The Hall–Kier alpha value is -8.87. The Morgan fingerprint density at radius 3 is 1.22 bits per heavy atom. The minimum Gasteiger partial charge on any atom is -0.508 e. The van der Waals surface area contributed by atoms with E-state index in [0.717, 1.165) is 56.3 Å². The molecule has 1 saturated carbocycles. The Balaban J connectivity index is 0.000000273. The van der Waals surface area contributed by atoms with Crippen LogP contribution >= 0.6 is 0 Å². The monoisotopic (exact) mass is 1440 g/mol. The second kappa shape index (κ2) is 42.3. The summed E-state index contributed by atoms with van der Waals surface area (Å²) in [6.07, 6.45) is 0.231. The molecule has 1 aliphatic heterocycles. The molecule has 0 spiro atoms. The number of aliphatic hydroxyl groups excluding tert-OH is 2. The maximum atomic E-state index is 12.3. The third kappa shape index (κ3) is 25.4. The van der Waals surface area contributed by atoms with Crippen LogP contribution in [0.25, 0.3) is 11.1 Å². The standard InChI is InChI=1S/C24H33NO4.C16H20O4.C14H23NO2.C10H14O4.C10H6O3.C6H5.C4H8O.Li/c1-14(2)12-25(13-15(3)4)17-10-18(26)21(19(27)11-17)22-23(28)20(24(22)29)16-8-6-5-7-9-16;1-10(2)19-13-14(17)16(18,15(13)20-11(3)4)12-8-6-5-7-9-12;1-10(2)8-15(9-11(3)4)12-5-13(16)7-14(17)6-12;1-5(2)13-9-7(11)8(12)10(9)14-6(3)4;11-8-7(9(12)10(8)13)6-4-2-1-3-5-6;1-2-4-6-5-3-1;1-2-4-5-3-1;/h5-11,14-15,20,22-24,26-29H,12-13H2,1-4H3;5-11,18H,1-4H3;5-7,10-11,16-17H,8-9H2,1-4H3;5-6H,1-4H3;1-5,11H;1-5H;1-4H2;/q;;;;;-1;;+1. The molecule has 21 heteroatoms. The number of carbonyl (C=O) groups excluding carboxylic acids is 1. The number of aromatic hydroxyl groups is 5. The summed E-state index contributed by atoms with van der Waals surface area (Å²) in [6, 6.07) is 47.3. The summed E-state index contributed by atoms with van der Waals surface area (Å²) in [4.78, 5) is 60.5. The van der Waals surface area contributed by atoms with Gasteiger partial charge in [0, 0.05) is 98.5 Å². The fraction of sp³-hybridized carbons (Fsp3) is 0.440. The Bertz CT molecular complexity index is 3940. The van der Waals surface area contributed by atoms with Crippen LogP contribution in [0.4, 0.5) is 11.4 Å². The van der Waals surface area contributed by atoms with Gasteiger partial charge in [-0.15, -0.1) is 0 Å². The summed E-state index contributed by atoms with van der Waals surface area (Å²) in [6.45, 7) is 37.1. The first kappa shape index (κ1) is 88.5. The van der Waals surface area contributed by atoms with Crippen LogP contribution in [0.3, 0.4) is 0 Å². The van der Waals surface area contributed by atoms with Gasteiger partial charge in [-0.05, 0) is 109 Å². The van der Waals surface area contributed by atoms with Crippen molar-refractivity contribution < 1.29 is 88.2 Å². The minimum atomic E-state index is -1.73. The molecule has 8 aromatic rings. The van der Waals surface area contributed by atoms with Gasteiger partial charge in [0.05, 0.1) is 42.2 Å². The quantitative estimate of drug-likeness (QED) is 0.0178. The topological polar surface area (TPSA) is 300 Å². The number of phenols is 4. The van der Waals surface area contributed by atoms with Crippen molar-refractivity contribution in [1.82, 2.24) is 0 Å². The van der Waals surface area contributed by atoms with Crippen molar-refractivity contribution in [2.75, 3.05) is 49.2 Å². The van der Waals surface area contributed by atoms with Gasteiger partial charge >= 0.3 is 18.9 Å². The number of carbonyl (C=O) groups is 1. The summed E-state index contributed by atoms with van der Waals surface area (Å²) in [5.41, 5.74) is -0.401. The predicted octanol–water partition coefficient (Wildman–Crippen LogP) is 10.4. The van der Waals surface area contributed by atoms with Gasteiger partial charge in [-0.3, -0.25) is 24.0 Å². The molecule has 1 saturated heterocycles. The van der Waals surface area contributed by atoms with Crippen molar-refractivity contribution in [2.45, 2.75) is 178 Å². The Morgan fingerprint density at radius 2 is 0.867 bits per heavy atom. The van der Waals surface area contributed by atoms with Gasteiger partial charge in [-0.25, -0.2) is 0 Å². The molecule has 8 aromatic carbocycles. The molecule has 3 aliphatic rings. The molecule has 1 heterocycles. The number of rotatable bonds is 22. The predicted molar refractivity (Wildman–Crippen MR) is 409 cm³/mol. The number of ether oxygens (including phenoxy) is 5. The minimum absolute atomic E-state index is 0. The molecule has 3 unspecified atom stereocenters. The molecular formula is C84H109LiN2O18. The summed E-state index contributed by atoms with van der Waals surface area (Å²) < 4.78 is 26.4. The molecule has 564 valence electrons. The van der Waals surface area contributed by atoms with Crippen LogP contribution in [0.2, 0.25) is 0 Å². The molecule has 11 rings (SSSR count). The molecule has 2 aliphatic carbocycles. The molecule has 0 radical (unpaired) electrons. The molecule has 105 heavy (non-hydrogen) atoms. The van der Waals surface area contributed by atoms with E-state index in [4.69, 9.17) is 28.8 Å². The van der Waals surface area contributed by atoms with Crippen molar-refractivity contribution in [1.29, 1.82) is 0 Å². The van der Waals surface area contributed by atoms with Crippen LogP contribution in [0, 0.1) is 29.7 Å². The number of hydrogen-bond donors (Lipinski definition) is 8. The van der Waals surface area contributed by atoms with Crippen LogP contribution in [0.5, 0.6) is 40.2 Å². The van der Waals surface area contributed by atoms with Gasteiger partial charge in [0.25, 0.3) is 16.3 Å². The van der Waals surface area contributed by atoms with E-state index in [1.807, 2.05) is 94.4 Å². The summed E-state index contributed by atoms with van der Waals surface area (Å²) in [5.74, 6) is 0.417. The van der Waals surface area contributed by atoms with Crippen LogP contribution in [0.15, 0.2) is 182 Å². The number of hydrogen-bond acceptors (Lipinski definition) is 20. The molecule has 3 atom stereocenters. The molecule has 2 fully saturated rings.